The van der Waals surface area contributed by atoms with Crippen molar-refractivity contribution < 1.29 is 9.59 Å². The molecule has 0 aromatic heterocycles. The molecule has 0 bridgehead atoms. The van der Waals surface area contributed by atoms with Crippen LogP contribution < -0.4 is 11.1 Å². The van der Waals surface area contributed by atoms with Crippen LogP contribution in [0.2, 0.25) is 0 Å². The summed E-state index contributed by atoms with van der Waals surface area (Å²) < 4.78 is 0. The molecule has 0 radical (unpaired) electrons. The Morgan fingerprint density at radius 1 is 1.22 bits per heavy atom. The Morgan fingerprint density at radius 3 is 2.35 bits per heavy atom. The minimum atomic E-state index is -0.593. The van der Waals surface area contributed by atoms with E-state index in [4.69, 9.17) is 5.73 Å². The van der Waals surface area contributed by atoms with Crippen molar-refractivity contribution in [1.29, 1.82) is 0 Å². The number of likely N-dealkylation sites (N-methyl/N-ethyl adjacent to an activating group) is 1. The maximum absolute atomic E-state index is 12.3. The zero-order valence-corrected chi connectivity index (χ0v) is 15.0. The minimum absolute atomic E-state index is 0.0367. The summed E-state index contributed by atoms with van der Waals surface area (Å²) in [5.74, 6) is -0.389. The Kier molecular flexibility index (Phi) is 6.76. The molecule has 2 atom stereocenters. The number of carbonyl (C=O) groups excluding carboxylic acids is 2. The van der Waals surface area contributed by atoms with Gasteiger partial charge < -0.3 is 16.0 Å². The first-order chi connectivity index (χ1) is 10.6. The van der Waals surface area contributed by atoms with Gasteiger partial charge in [0.25, 0.3) is 0 Å². The normalized spacial score (nSPS) is 13.6. The van der Waals surface area contributed by atoms with Crippen LogP contribution in [0.3, 0.4) is 0 Å². The van der Waals surface area contributed by atoms with Gasteiger partial charge in [-0.1, -0.05) is 37.6 Å². The van der Waals surface area contributed by atoms with Gasteiger partial charge in [0.15, 0.2) is 0 Å². The van der Waals surface area contributed by atoms with Gasteiger partial charge in [-0.25, -0.2) is 0 Å². The topological polar surface area (TPSA) is 75.4 Å². The third-order valence-corrected chi connectivity index (χ3v) is 4.28. The fourth-order valence-corrected chi connectivity index (χ4v) is 2.43. The molecule has 1 aromatic rings. The third kappa shape index (κ3) is 5.06. The number of rotatable bonds is 6. The first kappa shape index (κ1) is 19.2. The molecule has 0 aliphatic heterocycles. The Balaban J connectivity index is 2.67. The van der Waals surface area contributed by atoms with Crippen molar-refractivity contribution in [2.24, 2.45) is 11.7 Å². The number of aryl methyl sites for hydroxylation is 2. The molecular formula is C18H29N3O2. The van der Waals surface area contributed by atoms with Gasteiger partial charge >= 0.3 is 0 Å². The monoisotopic (exact) mass is 319 g/mol. The number of nitrogens with two attached hydrogens (primary N) is 1. The van der Waals surface area contributed by atoms with Crippen LogP contribution in [0.5, 0.6) is 0 Å². The molecule has 2 amide bonds. The molecule has 1 unspecified atom stereocenters. The Labute approximate surface area is 139 Å². The highest BCUT2D eigenvalue weighted by Gasteiger charge is 2.21. The Hall–Kier alpha value is -1.88. The van der Waals surface area contributed by atoms with Crippen molar-refractivity contribution in [2.75, 3.05) is 13.6 Å². The van der Waals surface area contributed by atoms with Gasteiger partial charge in [-0.15, -0.1) is 0 Å². The van der Waals surface area contributed by atoms with Crippen LogP contribution in [0.4, 0.5) is 0 Å². The van der Waals surface area contributed by atoms with Gasteiger partial charge in [0.1, 0.15) is 0 Å². The van der Waals surface area contributed by atoms with Gasteiger partial charge in [0.2, 0.25) is 11.8 Å². The maximum Gasteiger partial charge on any atom is 0.242 e. The van der Waals surface area contributed by atoms with Crippen LogP contribution in [-0.4, -0.2) is 36.3 Å². The van der Waals surface area contributed by atoms with Crippen LogP contribution in [0.25, 0.3) is 0 Å². The second-order valence-corrected chi connectivity index (χ2v) is 6.53. The van der Waals surface area contributed by atoms with Crippen LogP contribution in [0, 0.1) is 19.8 Å². The van der Waals surface area contributed by atoms with Crippen molar-refractivity contribution in [2.45, 2.75) is 46.7 Å². The van der Waals surface area contributed by atoms with Crippen LogP contribution in [0.1, 0.15) is 43.5 Å². The number of carbonyl (C=O) groups is 2. The molecular weight excluding hydrogens is 290 g/mol. The maximum atomic E-state index is 12.3. The van der Waals surface area contributed by atoms with Crippen molar-refractivity contribution in [3.05, 3.63) is 34.9 Å². The highest BCUT2D eigenvalue weighted by atomic mass is 16.2. The number of amides is 2. The average molecular weight is 319 g/mol. The van der Waals surface area contributed by atoms with Crippen molar-refractivity contribution >= 4 is 11.8 Å². The second kappa shape index (κ2) is 8.11. The zero-order valence-electron chi connectivity index (χ0n) is 15.0. The van der Waals surface area contributed by atoms with E-state index in [1.807, 2.05) is 46.8 Å². The SMILES string of the molecule is Cc1ccc(C(C)N(C)C(=O)CNC(=O)[C@@H](N)C(C)C)c(C)c1. The summed E-state index contributed by atoms with van der Waals surface area (Å²) in [5.41, 5.74) is 9.23. The van der Waals surface area contributed by atoms with Gasteiger partial charge in [-0.05, 0) is 37.8 Å². The Morgan fingerprint density at radius 2 is 1.83 bits per heavy atom. The molecule has 23 heavy (non-hydrogen) atoms. The van der Waals surface area contributed by atoms with E-state index in [-0.39, 0.29) is 30.3 Å². The highest BCUT2D eigenvalue weighted by Crippen LogP contribution is 2.23. The molecule has 0 heterocycles. The predicted molar refractivity (Wildman–Crippen MR) is 92.9 cm³/mol. The van der Waals surface area contributed by atoms with Crippen LogP contribution in [0.15, 0.2) is 18.2 Å². The molecule has 3 N–H and O–H groups in total. The van der Waals surface area contributed by atoms with E-state index in [0.29, 0.717) is 0 Å². The van der Waals surface area contributed by atoms with E-state index in [1.165, 1.54) is 5.56 Å². The molecule has 128 valence electrons. The van der Waals surface area contributed by atoms with Crippen LogP contribution in [-0.2, 0) is 9.59 Å². The lowest BCUT2D eigenvalue weighted by atomic mass is 9.99. The molecule has 5 nitrogen and oxygen atoms in total. The standard InChI is InChI=1S/C18H29N3O2/c1-11(2)17(19)18(23)20-10-16(22)21(6)14(5)15-8-7-12(3)9-13(15)4/h7-9,11,14,17H,10,19H2,1-6H3,(H,20,23)/t14?,17-/m0/s1. The van der Waals surface area contributed by atoms with E-state index in [2.05, 4.69) is 11.4 Å². The largest absolute Gasteiger partial charge is 0.346 e. The number of hydrogen-bond acceptors (Lipinski definition) is 3. The zero-order chi connectivity index (χ0) is 17.7. The molecule has 1 rings (SSSR count). The quantitative estimate of drug-likeness (QED) is 0.841. The number of nitrogens with one attached hydrogen (secondary N) is 1. The number of benzene rings is 1. The number of hydrogen-bond donors (Lipinski definition) is 2. The average Bonchev–Trinajstić information content (AvgIpc) is 2.49. The molecule has 1 aromatic carbocycles. The lowest BCUT2D eigenvalue weighted by Gasteiger charge is -2.27. The van der Waals surface area contributed by atoms with Gasteiger partial charge in [-0.3, -0.25) is 9.59 Å². The summed E-state index contributed by atoms with van der Waals surface area (Å²) in [4.78, 5) is 25.8. The van der Waals surface area contributed by atoms with Crippen LogP contribution >= 0.6 is 0 Å². The summed E-state index contributed by atoms with van der Waals surface area (Å²) in [7, 11) is 1.75. The van der Waals surface area contributed by atoms with Crippen molar-refractivity contribution in [3.63, 3.8) is 0 Å². The molecule has 0 spiro atoms. The summed E-state index contributed by atoms with van der Waals surface area (Å²) in [6.07, 6.45) is 0. The van der Waals surface area contributed by atoms with Gasteiger partial charge in [0, 0.05) is 7.05 Å². The lowest BCUT2D eigenvalue weighted by Crippen LogP contribution is -2.47. The van der Waals surface area contributed by atoms with E-state index >= 15 is 0 Å². The smallest absolute Gasteiger partial charge is 0.242 e. The fourth-order valence-electron chi connectivity index (χ4n) is 2.43. The number of nitrogens with zero attached hydrogens (tertiary/aromatic N) is 1. The van der Waals surface area contributed by atoms with Crippen molar-refractivity contribution in [3.8, 4) is 0 Å². The second-order valence-electron chi connectivity index (χ2n) is 6.53. The highest BCUT2D eigenvalue weighted by molar-refractivity contribution is 5.87. The summed E-state index contributed by atoms with van der Waals surface area (Å²) in [6.45, 7) is 9.79. The minimum Gasteiger partial charge on any atom is -0.346 e. The predicted octanol–water partition coefficient (Wildman–Crippen LogP) is 1.92. The molecule has 0 saturated heterocycles. The van der Waals surface area contributed by atoms with Gasteiger partial charge in [0.05, 0.1) is 18.6 Å². The molecule has 0 fully saturated rings. The van der Waals surface area contributed by atoms with E-state index in [0.717, 1.165) is 11.1 Å². The molecule has 5 heteroatoms. The third-order valence-electron chi connectivity index (χ3n) is 4.28. The first-order valence-electron chi connectivity index (χ1n) is 8.01. The summed E-state index contributed by atoms with van der Waals surface area (Å²) in [6, 6.07) is 5.55. The van der Waals surface area contributed by atoms with E-state index in [9.17, 15) is 9.59 Å². The lowest BCUT2D eigenvalue weighted by molar-refractivity contribution is -0.133. The van der Waals surface area contributed by atoms with Crippen molar-refractivity contribution in [1.82, 2.24) is 10.2 Å². The molecule has 0 aliphatic carbocycles. The van der Waals surface area contributed by atoms with Gasteiger partial charge in [-0.2, -0.15) is 0 Å². The first-order valence-corrected chi connectivity index (χ1v) is 8.01. The summed E-state index contributed by atoms with van der Waals surface area (Å²) in [5, 5.41) is 2.62. The summed E-state index contributed by atoms with van der Waals surface area (Å²) >= 11 is 0. The molecule has 0 aliphatic rings. The Bertz CT molecular complexity index is 569. The van der Waals surface area contributed by atoms with E-state index in [1.54, 1.807) is 11.9 Å². The molecule has 0 saturated carbocycles. The fraction of sp³-hybridized carbons (Fsp3) is 0.556. The van der Waals surface area contributed by atoms with E-state index < -0.39 is 6.04 Å².